The summed E-state index contributed by atoms with van der Waals surface area (Å²) in [7, 11) is 0. The number of fused-ring (bicyclic) bond motifs is 3. The van der Waals surface area contributed by atoms with Crippen LogP contribution in [0.5, 0.6) is 0 Å². The van der Waals surface area contributed by atoms with E-state index >= 15 is 0 Å². The molecule has 22 heavy (non-hydrogen) atoms. The normalized spacial score (nSPS) is 47.6. The van der Waals surface area contributed by atoms with Crippen molar-refractivity contribution in [2.75, 3.05) is 0 Å². The first-order chi connectivity index (χ1) is 10.1. The summed E-state index contributed by atoms with van der Waals surface area (Å²) in [5.74, 6) is 1.26. The lowest BCUT2D eigenvalue weighted by Gasteiger charge is -2.60. The van der Waals surface area contributed by atoms with Crippen molar-refractivity contribution in [2.45, 2.75) is 84.8 Å². The zero-order chi connectivity index (χ0) is 16.3. The van der Waals surface area contributed by atoms with Crippen LogP contribution in [0.15, 0.2) is 11.6 Å². The number of aliphatic hydroxyl groups is 2. The lowest BCUT2D eigenvalue weighted by Crippen LogP contribution is -2.55. The Morgan fingerprint density at radius 1 is 1.14 bits per heavy atom. The summed E-state index contributed by atoms with van der Waals surface area (Å²) < 4.78 is 0. The van der Waals surface area contributed by atoms with Crippen molar-refractivity contribution in [1.82, 2.24) is 0 Å². The molecule has 0 heterocycles. The summed E-state index contributed by atoms with van der Waals surface area (Å²) in [5.41, 5.74) is 1.05. The molecule has 3 rings (SSSR count). The molecule has 2 saturated carbocycles. The Balaban J connectivity index is 2.01. The maximum absolute atomic E-state index is 10.9. The molecule has 126 valence electrons. The molecule has 2 N–H and O–H groups in total. The fourth-order valence-corrected chi connectivity index (χ4v) is 6.03. The molecule has 2 fully saturated rings. The fraction of sp³-hybridized carbons (Fsp3) is 0.900. The number of aliphatic hydroxyl groups excluding tert-OH is 1. The van der Waals surface area contributed by atoms with Crippen molar-refractivity contribution in [3.05, 3.63) is 11.6 Å². The van der Waals surface area contributed by atoms with Gasteiger partial charge >= 0.3 is 0 Å². The van der Waals surface area contributed by atoms with Gasteiger partial charge in [-0.15, -0.1) is 0 Å². The van der Waals surface area contributed by atoms with E-state index in [1.807, 2.05) is 0 Å². The van der Waals surface area contributed by atoms with E-state index in [0.717, 1.165) is 24.8 Å². The Labute approximate surface area is 136 Å². The average molecular weight is 306 g/mol. The van der Waals surface area contributed by atoms with E-state index in [4.69, 9.17) is 0 Å². The summed E-state index contributed by atoms with van der Waals surface area (Å²) in [4.78, 5) is 0. The molecule has 0 radical (unpaired) electrons. The minimum atomic E-state index is -0.722. The SMILES string of the molecule is CC(C)C1(O)C=C2C(O)CC3C(C)(C)CCCC3(C)C2CC1. The van der Waals surface area contributed by atoms with Crippen LogP contribution in [0, 0.1) is 28.6 Å². The molecule has 3 aliphatic carbocycles. The molecule has 0 saturated heterocycles. The molecule has 0 aromatic rings. The third kappa shape index (κ3) is 2.29. The molecule has 3 aliphatic rings. The standard InChI is InChI=1S/C20H34O2/c1-13(2)20(22)10-7-15-14(12-20)16(21)11-17-18(3,4)8-6-9-19(15,17)5/h12-13,15-17,21-22H,6-11H2,1-5H3. The van der Waals surface area contributed by atoms with Crippen LogP contribution in [0.25, 0.3) is 0 Å². The first-order valence-corrected chi connectivity index (χ1v) is 9.23. The van der Waals surface area contributed by atoms with Gasteiger partial charge in [-0.3, -0.25) is 0 Å². The van der Waals surface area contributed by atoms with Gasteiger partial charge in [0.15, 0.2) is 0 Å². The predicted molar refractivity (Wildman–Crippen MR) is 90.4 cm³/mol. The highest BCUT2D eigenvalue weighted by Gasteiger charge is 2.57. The van der Waals surface area contributed by atoms with Crippen LogP contribution in [0.4, 0.5) is 0 Å². The fourth-order valence-electron chi connectivity index (χ4n) is 6.03. The molecule has 0 aromatic heterocycles. The molecule has 2 nitrogen and oxygen atoms in total. The number of hydrogen-bond acceptors (Lipinski definition) is 2. The Bertz CT molecular complexity index is 478. The Hall–Kier alpha value is -0.340. The van der Waals surface area contributed by atoms with Gasteiger partial charge in [-0.2, -0.15) is 0 Å². The highest BCUT2D eigenvalue weighted by Crippen LogP contribution is 2.63. The molecule has 0 aromatic carbocycles. The largest absolute Gasteiger partial charge is 0.389 e. The molecule has 5 unspecified atom stereocenters. The molecular weight excluding hydrogens is 272 g/mol. The van der Waals surface area contributed by atoms with Gasteiger partial charge in [0.05, 0.1) is 11.7 Å². The maximum atomic E-state index is 10.9. The van der Waals surface area contributed by atoms with Crippen LogP contribution < -0.4 is 0 Å². The third-order valence-corrected chi connectivity index (χ3v) is 7.57. The van der Waals surface area contributed by atoms with Crippen LogP contribution in [0.1, 0.15) is 73.1 Å². The summed E-state index contributed by atoms with van der Waals surface area (Å²) in [6, 6.07) is 0. The third-order valence-electron chi connectivity index (χ3n) is 7.57. The van der Waals surface area contributed by atoms with Crippen LogP contribution >= 0.6 is 0 Å². The van der Waals surface area contributed by atoms with Crippen LogP contribution in [0.3, 0.4) is 0 Å². The average Bonchev–Trinajstić information content (AvgIpc) is 2.41. The second-order valence-corrected chi connectivity index (χ2v) is 9.53. The number of rotatable bonds is 1. The first kappa shape index (κ1) is 16.5. The number of hydrogen-bond donors (Lipinski definition) is 2. The lowest BCUT2D eigenvalue weighted by atomic mass is 9.45. The molecule has 0 aliphatic heterocycles. The van der Waals surface area contributed by atoms with Crippen molar-refractivity contribution in [3.63, 3.8) is 0 Å². The van der Waals surface area contributed by atoms with E-state index < -0.39 is 5.60 Å². The second kappa shape index (κ2) is 5.08. The Kier molecular flexibility index (Phi) is 3.81. The van der Waals surface area contributed by atoms with Gasteiger partial charge in [-0.1, -0.05) is 47.1 Å². The molecule has 0 spiro atoms. The van der Waals surface area contributed by atoms with Crippen LogP contribution in [0.2, 0.25) is 0 Å². The molecule has 0 amide bonds. The van der Waals surface area contributed by atoms with Gasteiger partial charge in [-0.05, 0) is 66.3 Å². The first-order valence-electron chi connectivity index (χ1n) is 9.23. The highest BCUT2D eigenvalue weighted by atomic mass is 16.3. The molecule has 5 atom stereocenters. The molecule has 0 bridgehead atoms. The van der Waals surface area contributed by atoms with Crippen molar-refractivity contribution in [1.29, 1.82) is 0 Å². The van der Waals surface area contributed by atoms with E-state index in [9.17, 15) is 10.2 Å². The topological polar surface area (TPSA) is 40.5 Å². The van der Waals surface area contributed by atoms with Crippen molar-refractivity contribution in [2.24, 2.45) is 28.6 Å². The minimum absolute atomic E-state index is 0.210. The summed E-state index contributed by atoms with van der Waals surface area (Å²) in [6.07, 6.45) is 8.30. The van der Waals surface area contributed by atoms with Crippen LogP contribution in [-0.2, 0) is 0 Å². The van der Waals surface area contributed by atoms with E-state index in [0.29, 0.717) is 22.7 Å². The maximum Gasteiger partial charge on any atom is 0.0854 e. The summed E-state index contributed by atoms with van der Waals surface area (Å²) in [6.45, 7) is 11.4. The van der Waals surface area contributed by atoms with Gasteiger partial charge in [-0.25, -0.2) is 0 Å². The van der Waals surface area contributed by atoms with Crippen molar-refractivity contribution < 1.29 is 10.2 Å². The smallest absolute Gasteiger partial charge is 0.0854 e. The lowest BCUT2D eigenvalue weighted by molar-refractivity contribution is -0.0976. The quantitative estimate of drug-likeness (QED) is 0.709. The summed E-state index contributed by atoms with van der Waals surface area (Å²) >= 11 is 0. The van der Waals surface area contributed by atoms with Gasteiger partial charge in [0.2, 0.25) is 0 Å². The van der Waals surface area contributed by atoms with Gasteiger partial charge in [0, 0.05) is 0 Å². The van der Waals surface area contributed by atoms with Gasteiger partial charge < -0.3 is 10.2 Å². The second-order valence-electron chi connectivity index (χ2n) is 9.53. The zero-order valence-corrected chi connectivity index (χ0v) is 15.0. The molecule has 2 heteroatoms. The van der Waals surface area contributed by atoms with Crippen molar-refractivity contribution in [3.8, 4) is 0 Å². The van der Waals surface area contributed by atoms with Gasteiger partial charge in [0.25, 0.3) is 0 Å². The van der Waals surface area contributed by atoms with E-state index in [1.54, 1.807) is 0 Å². The summed E-state index contributed by atoms with van der Waals surface area (Å²) in [5, 5.41) is 21.7. The Morgan fingerprint density at radius 3 is 2.45 bits per heavy atom. The zero-order valence-electron chi connectivity index (χ0n) is 15.0. The van der Waals surface area contributed by atoms with E-state index in [2.05, 4.69) is 40.7 Å². The predicted octanol–water partition coefficient (Wildman–Crippen LogP) is 4.31. The van der Waals surface area contributed by atoms with E-state index in [-0.39, 0.29) is 12.0 Å². The Morgan fingerprint density at radius 2 is 1.82 bits per heavy atom. The van der Waals surface area contributed by atoms with Gasteiger partial charge in [0.1, 0.15) is 0 Å². The molecular formula is C20H34O2. The minimum Gasteiger partial charge on any atom is -0.389 e. The van der Waals surface area contributed by atoms with Crippen LogP contribution in [-0.4, -0.2) is 21.9 Å². The monoisotopic (exact) mass is 306 g/mol. The van der Waals surface area contributed by atoms with Crippen molar-refractivity contribution >= 4 is 0 Å². The highest BCUT2D eigenvalue weighted by molar-refractivity contribution is 5.29. The van der Waals surface area contributed by atoms with E-state index in [1.165, 1.54) is 19.3 Å².